The standard InChI is InChI=1S/C16H16N2O3/c1-18(10-11-19)14-7-5-6-13(12-14)17-16(20)21-15-8-3-2-4-9-15/h2-9,11-12H,10H2,1H3,(H,17,20). The molecule has 0 atom stereocenters. The van der Waals surface area contributed by atoms with Crippen LogP contribution in [-0.4, -0.2) is 26.0 Å². The smallest absolute Gasteiger partial charge is 0.410 e. The minimum absolute atomic E-state index is 0.290. The Morgan fingerprint density at radius 1 is 1.19 bits per heavy atom. The van der Waals surface area contributed by atoms with Crippen molar-refractivity contribution in [2.75, 3.05) is 23.8 Å². The number of anilines is 2. The van der Waals surface area contributed by atoms with E-state index in [0.717, 1.165) is 12.0 Å². The first-order valence-electron chi connectivity index (χ1n) is 6.48. The molecule has 0 saturated heterocycles. The number of likely N-dealkylation sites (N-methyl/N-ethyl adjacent to an activating group) is 1. The average molecular weight is 284 g/mol. The lowest BCUT2D eigenvalue weighted by Crippen LogP contribution is -2.20. The van der Waals surface area contributed by atoms with Gasteiger partial charge in [0.15, 0.2) is 0 Å². The summed E-state index contributed by atoms with van der Waals surface area (Å²) in [6.45, 7) is 0.290. The van der Waals surface area contributed by atoms with Gasteiger partial charge in [0, 0.05) is 18.4 Å². The molecule has 2 aromatic carbocycles. The van der Waals surface area contributed by atoms with Gasteiger partial charge in [-0.3, -0.25) is 5.32 Å². The molecule has 0 aliphatic carbocycles. The predicted octanol–water partition coefficient (Wildman–Crippen LogP) is 2.93. The topological polar surface area (TPSA) is 58.6 Å². The maximum absolute atomic E-state index is 11.8. The molecule has 0 radical (unpaired) electrons. The number of nitrogens with one attached hydrogen (secondary N) is 1. The number of rotatable bonds is 5. The molecule has 0 aliphatic heterocycles. The van der Waals surface area contributed by atoms with Crippen LogP contribution < -0.4 is 15.0 Å². The van der Waals surface area contributed by atoms with E-state index in [9.17, 15) is 9.59 Å². The number of amides is 1. The number of nitrogens with zero attached hydrogens (tertiary/aromatic N) is 1. The minimum Gasteiger partial charge on any atom is -0.410 e. The largest absolute Gasteiger partial charge is 0.417 e. The number of benzene rings is 2. The molecule has 1 N–H and O–H groups in total. The summed E-state index contributed by atoms with van der Waals surface area (Å²) < 4.78 is 5.15. The molecule has 0 unspecified atom stereocenters. The molecule has 0 aromatic heterocycles. The monoisotopic (exact) mass is 284 g/mol. The maximum Gasteiger partial charge on any atom is 0.417 e. The summed E-state index contributed by atoms with van der Waals surface area (Å²) in [5, 5.41) is 2.65. The highest BCUT2D eigenvalue weighted by atomic mass is 16.6. The van der Waals surface area contributed by atoms with Crippen molar-refractivity contribution in [3.8, 4) is 5.75 Å². The van der Waals surface area contributed by atoms with Crippen LogP contribution in [0.3, 0.4) is 0 Å². The van der Waals surface area contributed by atoms with Gasteiger partial charge in [-0.1, -0.05) is 24.3 Å². The first kappa shape index (κ1) is 14.6. The molecule has 1 amide bonds. The van der Waals surface area contributed by atoms with Crippen molar-refractivity contribution in [2.45, 2.75) is 0 Å². The summed E-state index contributed by atoms with van der Waals surface area (Å²) in [4.78, 5) is 24.1. The molecule has 0 bridgehead atoms. The third-order valence-corrected chi connectivity index (χ3v) is 2.84. The van der Waals surface area contributed by atoms with Crippen LogP contribution in [0.4, 0.5) is 16.2 Å². The zero-order chi connectivity index (χ0) is 15.1. The number of carbonyl (C=O) groups is 2. The van der Waals surface area contributed by atoms with E-state index in [2.05, 4.69) is 5.32 Å². The molecule has 5 nitrogen and oxygen atoms in total. The Labute approximate surface area is 123 Å². The zero-order valence-corrected chi connectivity index (χ0v) is 11.7. The van der Waals surface area contributed by atoms with Gasteiger partial charge >= 0.3 is 6.09 Å². The van der Waals surface area contributed by atoms with Crippen molar-refractivity contribution in [1.29, 1.82) is 0 Å². The van der Waals surface area contributed by atoms with E-state index in [4.69, 9.17) is 4.74 Å². The fourth-order valence-electron chi connectivity index (χ4n) is 1.78. The van der Waals surface area contributed by atoms with Crippen LogP contribution in [0.15, 0.2) is 54.6 Å². The van der Waals surface area contributed by atoms with Gasteiger partial charge < -0.3 is 14.4 Å². The van der Waals surface area contributed by atoms with E-state index in [1.54, 1.807) is 54.4 Å². The Hall–Kier alpha value is -2.82. The Balaban J connectivity index is 2.01. The van der Waals surface area contributed by atoms with E-state index < -0.39 is 6.09 Å². The fourth-order valence-corrected chi connectivity index (χ4v) is 1.78. The number of aldehydes is 1. The summed E-state index contributed by atoms with van der Waals surface area (Å²) in [7, 11) is 1.80. The first-order valence-corrected chi connectivity index (χ1v) is 6.48. The summed E-state index contributed by atoms with van der Waals surface area (Å²) in [5.41, 5.74) is 1.44. The van der Waals surface area contributed by atoms with Gasteiger partial charge in [0.05, 0.1) is 6.54 Å². The SMILES string of the molecule is CN(CC=O)c1cccc(NC(=O)Oc2ccccc2)c1. The molecule has 0 aliphatic rings. The number of hydrogen-bond donors (Lipinski definition) is 1. The second-order valence-corrected chi connectivity index (χ2v) is 4.43. The molecule has 108 valence electrons. The van der Waals surface area contributed by atoms with Crippen molar-refractivity contribution in [1.82, 2.24) is 0 Å². The van der Waals surface area contributed by atoms with Gasteiger partial charge in [-0.15, -0.1) is 0 Å². The van der Waals surface area contributed by atoms with Crippen LogP contribution in [0, 0.1) is 0 Å². The molecule has 0 fully saturated rings. The normalized spacial score (nSPS) is 9.76. The Kier molecular flexibility index (Phi) is 4.93. The second-order valence-electron chi connectivity index (χ2n) is 4.43. The lowest BCUT2D eigenvalue weighted by molar-refractivity contribution is -0.106. The number of carbonyl (C=O) groups excluding carboxylic acids is 2. The third-order valence-electron chi connectivity index (χ3n) is 2.84. The summed E-state index contributed by atoms with van der Waals surface area (Å²) in [5.74, 6) is 0.476. The van der Waals surface area contributed by atoms with E-state index in [0.29, 0.717) is 11.4 Å². The highest BCUT2D eigenvalue weighted by molar-refractivity contribution is 5.87. The van der Waals surface area contributed by atoms with E-state index in [-0.39, 0.29) is 6.54 Å². The van der Waals surface area contributed by atoms with Crippen LogP contribution in [0.1, 0.15) is 0 Å². The molecule has 2 aromatic rings. The molecule has 0 heterocycles. The lowest BCUT2D eigenvalue weighted by Gasteiger charge is -2.17. The van der Waals surface area contributed by atoms with E-state index in [1.165, 1.54) is 0 Å². The van der Waals surface area contributed by atoms with E-state index >= 15 is 0 Å². The van der Waals surface area contributed by atoms with Gasteiger partial charge in [0.1, 0.15) is 12.0 Å². The van der Waals surface area contributed by atoms with Crippen molar-refractivity contribution in [3.63, 3.8) is 0 Å². The number of hydrogen-bond acceptors (Lipinski definition) is 4. The Bertz CT molecular complexity index is 614. The van der Waals surface area contributed by atoms with Gasteiger partial charge in [-0.05, 0) is 30.3 Å². The maximum atomic E-state index is 11.8. The highest BCUT2D eigenvalue weighted by Gasteiger charge is 2.06. The van der Waals surface area contributed by atoms with Gasteiger partial charge in [0.25, 0.3) is 0 Å². The zero-order valence-electron chi connectivity index (χ0n) is 11.7. The predicted molar refractivity (Wildman–Crippen MR) is 81.9 cm³/mol. The number of ether oxygens (including phenoxy) is 1. The molecule has 5 heteroatoms. The Morgan fingerprint density at radius 2 is 1.95 bits per heavy atom. The van der Waals surface area contributed by atoms with Gasteiger partial charge in [0.2, 0.25) is 0 Å². The van der Waals surface area contributed by atoms with Crippen LogP contribution in [0.5, 0.6) is 5.75 Å². The molecule has 0 spiro atoms. The lowest BCUT2D eigenvalue weighted by atomic mass is 10.2. The first-order chi connectivity index (χ1) is 10.2. The average Bonchev–Trinajstić information content (AvgIpc) is 2.48. The van der Waals surface area contributed by atoms with Crippen molar-refractivity contribution >= 4 is 23.8 Å². The highest BCUT2D eigenvalue weighted by Crippen LogP contribution is 2.18. The molecular formula is C16H16N2O3. The van der Waals surface area contributed by atoms with Crippen molar-refractivity contribution in [3.05, 3.63) is 54.6 Å². The van der Waals surface area contributed by atoms with Crippen molar-refractivity contribution in [2.24, 2.45) is 0 Å². The molecule has 0 saturated carbocycles. The third kappa shape index (κ3) is 4.35. The van der Waals surface area contributed by atoms with E-state index in [1.807, 2.05) is 12.1 Å². The summed E-state index contributed by atoms with van der Waals surface area (Å²) in [6.07, 6.45) is 0.264. The molecule has 2 rings (SSSR count). The molecule has 21 heavy (non-hydrogen) atoms. The van der Waals surface area contributed by atoms with Crippen LogP contribution in [-0.2, 0) is 4.79 Å². The Morgan fingerprint density at radius 3 is 2.67 bits per heavy atom. The minimum atomic E-state index is -0.559. The fraction of sp³-hybridized carbons (Fsp3) is 0.125. The quantitative estimate of drug-likeness (QED) is 0.858. The number of para-hydroxylation sites is 1. The molecular weight excluding hydrogens is 268 g/mol. The van der Waals surface area contributed by atoms with Gasteiger partial charge in [-0.2, -0.15) is 0 Å². The van der Waals surface area contributed by atoms with Crippen LogP contribution in [0.2, 0.25) is 0 Å². The van der Waals surface area contributed by atoms with Crippen LogP contribution >= 0.6 is 0 Å². The second kappa shape index (κ2) is 7.09. The van der Waals surface area contributed by atoms with Crippen molar-refractivity contribution < 1.29 is 14.3 Å². The van der Waals surface area contributed by atoms with Crippen LogP contribution in [0.25, 0.3) is 0 Å². The summed E-state index contributed by atoms with van der Waals surface area (Å²) in [6, 6.07) is 16.0. The summed E-state index contributed by atoms with van der Waals surface area (Å²) >= 11 is 0. The van der Waals surface area contributed by atoms with Gasteiger partial charge in [-0.25, -0.2) is 4.79 Å².